The summed E-state index contributed by atoms with van der Waals surface area (Å²) in [4.78, 5) is 26.5. The second kappa shape index (κ2) is 53.4. The molecule has 0 bridgehead atoms. The third-order valence-corrected chi connectivity index (χ3v) is 13.3. The number of carbonyl (C=O) groups excluding carboxylic acids is 2. The number of amides is 1. The van der Waals surface area contributed by atoms with Crippen LogP contribution in [0.1, 0.15) is 213 Å². The first-order valence-electron chi connectivity index (χ1n) is 30.5. The molecule has 1 amide bonds. The molecular formula is C67H109NO10. The van der Waals surface area contributed by atoms with Crippen LogP contribution in [0, 0.1) is 0 Å². The van der Waals surface area contributed by atoms with Gasteiger partial charge in [-0.05, 0) is 116 Å². The van der Waals surface area contributed by atoms with Gasteiger partial charge in [-0.1, -0.05) is 225 Å². The predicted molar refractivity (Wildman–Crippen MR) is 324 cm³/mol. The van der Waals surface area contributed by atoms with Crippen LogP contribution in [0.2, 0.25) is 0 Å². The molecule has 0 aromatic carbocycles. The molecule has 1 fully saturated rings. The SMILES string of the molecule is CC/C=C\C/C=C\C/C=C\C/C=C\C/C=C\C/C=C\CCCCC(=O)OC1C(OCC(NC(=O)C(O)CC/C=C\C/C=C\C/C=C\C/C=C\CCCCC)C(O)/C=C/CCCCCCCCCCCC)OC(CO)C(O)C1O. The Morgan fingerprint density at radius 3 is 1.41 bits per heavy atom. The predicted octanol–water partition coefficient (Wildman–Crippen LogP) is 14.4. The monoisotopic (exact) mass is 1090 g/mol. The lowest BCUT2D eigenvalue weighted by atomic mass is 9.99. The minimum atomic E-state index is -1.65. The Balaban J connectivity index is 2.77. The Hall–Kier alpha value is -4.20. The molecule has 8 unspecified atom stereocenters. The highest BCUT2D eigenvalue weighted by Crippen LogP contribution is 2.26. The number of aliphatic hydroxyl groups is 5. The molecule has 8 atom stereocenters. The van der Waals surface area contributed by atoms with E-state index < -0.39 is 67.4 Å². The van der Waals surface area contributed by atoms with Gasteiger partial charge in [-0.2, -0.15) is 0 Å². The van der Waals surface area contributed by atoms with E-state index in [4.69, 9.17) is 14.2 Å². The Labute approximate surface area is 473 Å². The minimum absolute atomic E-state index is 0.0538. The van der Waals surface area contributed by atoms with Crippen molar-refractivity contribution < 1.29 is 49.3 Å². The number of carbonyl (C=O) groups is 2. The summed E-state index contributed by atoms with van der Waals surface area (Å²) in [6, 6.07) is -1.07. The van der Waals surface area contributed by atoms with E-state index in [1.807, 2.05) is 18.2 Å². The number of hydrogen-bond acceptors (Lipinski definition) is 10. The van der Waals surface area contributed by atoms with Crippen molar-refractivity contribution in [2.24, 2.45) is 0 Å². The van der Waals surface area contributed by atoms with E-state index in [1.165, 1.54) is 64.2 Å². The van der Waals surface area contributed by atoms with Gasteiger partial charge in [-0.15, -0.1) is 0 Å². The van der Waals surface area contributed by atoms with Gasteiger partial charge in [-0.3, -0.25) is 9.59 Å². The molecule has 11 heteroatoms. The second-order valence-electron chi connectivity index (χ2n) is 20.3. The lowest BCUT2D eigenvalue weighted by molar-refractivity contribution is -0.305. The maximum absolute atomic E-state index is 13.4. The summed E-state index contributed by atoms with van der Waals surface area (Å²) in [5.41, 5.74) is 0. The molecule has 0 aromatic heterocycles. The molecular weight excluding hydrogens is 979 g/mol. The van der Waals surface area contributed by atoms with Crippen LogP contribution in [0.5, 0.6) is 0 Å². The molecule has 1 aliphatic rings. The van der Waals surface area contributed by atoms with Gasteiger partial charge in [0.25, 0.3) is 0 Å². The number of hydrogen-bond donors (Lipinski definition) is 6. The van der Waals surface area contributed by atoms with Gasteiger partial charge in [0, 0.05) is 6.42 Å². The van der Waals surface area contributed by atoms with E-state index in [0.717, 1.165) is 103 Å². The number of unbranched alkanes of at least 4 members (excludes halogenated alkanes) is 15. The Morgan fingerprint density at radius 2 is 0.923 bits per heavy atom. The third-order valence-electron chi connectivity index (χ3n) is 13.3. The summed E-state index contributed by atoms with van der Waals surface area (Å²) in [7, 11) is 0. The highest BCUT2D eigenvalue weighted by atomic mass is 16.7. The molecule has 1 rings (SSSR count). The molecule has 11 nitrogen and oxygen atoms in total. The quantitative estimate of drug-likeness (QED) is 0.0195. The molecule has 0 spiro atoms. The normalized spacial score (nSPS) is 19.9. The molecule has 1 saturated heterocycles. The first-order valence-corrected chi connectivity index (χ1v) is 30.5. The Morgan fingerprint density at radius 1 is 0.513 bits per heavy atom. The van der Waals surface area contributed by atoms with Gasteiger partial charge in [-0.25, -0.2) is 0 Å². The van der Waals surface area contributed by atoms with Crippen molar-refractivity contribution in [2.75, 3.05) is 13.2 Å². The fraction of sp³-hybridized carbons (Fsp3) is 0.642. The van der Waals surface area contributed by atoms with E-state index >= 15 is 0 Å². The van der Waals surface area contributed by atoms with Crippen molar-refractivity contribution in [1.29, 1.82) is 0 Å². The standard InChI is InChI=1S/C67H109NO10/c1-4-7-10-13-16-19-22-25-27-29-30-31-32-33-35-37-40-43-46-49-52-55-62(72)78-65-64(74)63(73)61(56-69)77-67(65)76-57-58(59(70)53-50-47-44-41-38-24-21-18-15-12-9-6-3)68-66(75)60(71)54-51-48-45-42-39-36-34-28-26-23-20-17-14-11-8-5-2/h7,10,16-17,19-20,25-28,30-31,33,35-36,39-40,43,45,48,50,53,58-61,63-65,67,69-71,73-74H,4-6,8-9,11-15,18,21-24,29,32,34,37-38,41-42,44,46-47,49,51-52,54-57H2,1-3H3,(H,68,75)/b10-7-,19-16-,20-17-,27-25-,28-26-,31-30-,35-33-,39-36-,43-40-,48-45-,53-50+. The summed E-state index contributed by atoms with van der Waals surface area (Å²) in [5, 5.41) is 56.8. The number of aliphatic hydroxyl groups excluding tert-OH is 5. The van der Waals surface area contributed by atoms with E-state index in [-0.39, 0.29) is 19.4 Å². The summed E-state index contributed by atoms with van der Waals surface area (Å²) in [6.45, 7) is 5.56. The van der Waals surface area contributed by atoms with Crippen LogP contribution in [0.15, 0.2) is 134 Å². The van der Waals surface area contributed by atoms with Crippen molar-refractivity contribution >= 4 is 11.9 Å². The van der Waals surface area contributed by atoms with Gasteiger partial charge in [0.05, 0.1) is 25.4 Å². The second-order valence-corrected chi connectivity index (χ2v) is 20.3. The first-order chi connectivity index (χ1) is 38.2. The summed E-state index contributed by atoms with van der Waals surface area (Å²) in [5.74, 6) is -1.31. The van der Waals surface area contributed by atoms with Gasteiger partial charge in [0.1, 0.15) is 24.4 Å². The zero-order valence-corrected chi connectivity index (χ0v) is 48.7. The smallest absolute Gasteiger partial charge is 0.306 e. The Bertz CT molecular complexity index is 1770. The zero-order valence-electron chi connectivity index (χ0n) is 48.7. The maximum Gasteiger partial charge on any atom is 0.306 e. The number of ether oxygens (including phenoxy) is 3. The van der Waals surface area contributed by atoms with E-state index in [2.05, 4.69) is 135 Å². The number of nitrogens with one attached hydrogen (secondary N) is 1. The van der Waals surface area contributed by atoms with Crippen LogP contribution in [-0.4, -0.2) is 99.6 Å². The van der Waals surface area contributed by atoms with Crippen molar-refractivity contribution in [1.82, 2.24) is 5.32 Å². The average Bonchev–Trinajstić information content (AvgIpc) is 3.45. The molecule has 0 aromatic rings. The molecule has 1 aliphatic heterocycles. The lowest BCUT2D eigenvalue weighted by Gasteiger charge is -2.41. The van der Waals surface area contributed by atoms with Crippen molar-refractivity contribution in [3.63, 3.8) is 0 Å². The van der Waals surface area contributed by atoms with Crippen molar-refractivity contribution in [3.05, 3.63) is 134 Å². The van der Waals surface area contributed by atoms with Gasteiger partial charge >= 0.3 is 5.97 Å². The van der Waals surface area contributed by atoms with Crippen LogP contribution in [0.25, 0.3) is 0 Å². The van der Waals surface area contributed by atoms with Crippen LogP contribution in [0.4, 0.5) is 0 Å². The first kappa shape index (κ1) is 71.8. The van der Waals surface area contributed by atoms with E-state index in [0.29, 0.717) is 12.8 Å². The van der Waals surface area contributed by atoms with Crippen LogP contribution in [-0.2, 0) is 23.8 Å². The minimum Gasteiger partial charge on any atom is -0.454 e. The largest absolute Gasteiger partial charge is 0.454 e. The molecule has 442 valence electrons. The average molecular weight is 1090 g/mol. The molecule has 78 heavy (non-hydrogen) atoms. The summed E-state index contributed by atoms with van der Waals surface area (Å²) in [6.07, 6.45) is 65.0. The maximum atomic E-state index is 13.4. The van der Waals surface area contributed by atoms with Gasteiger partial charge in [0.15, 0.2) is 12.4 Å². The molecule has 0 aliphatic carbocycles. The zero-order chi connectivity index (χ0) is 56.8. The topological polar surface area (TPSA) is 175 Å². The van der Waals surface area contributed by atoms with Crippen LogP contribution in [0.3, 0.4) is 0 Å². The van der Waals surface area contributed by atoms with Gasteiger partial charge in [0.2, 0.25) is 5.91 Å². The molecule has 0 radical (unpaired) electrons. The lowest BCUT2D eigenvalue weighted by Crippen LogP contribution is -2.61. The number of rotatable bonds is 49. The molecule has 1 heterocycles. The van der Waals surface area contributed by atoms with Gasteiger partial charge < -0.3 is 45.1 Å². The number of allylic oxidation sites excluding steroid dienone is 21. The van der Waals surface area contributed by atoms with Crippen molar-refractivity contribution in [2.45, 2.75) is 262 Å². The van der Waals surface area contributed by atoms with E-state index in [9.17, 15) is 35.1 Å². The third kappa shape index (κ3) is 40.9. The fourth-order valence-corrected chi connectivity index (χ4v) is 8.47. The fourth-order valence-electron chi connectivity index (χ4n) is 8.47. The van der Waals surface area contributed by atoms with Crippen LogP contribution < -0.4 is 5.32 Å². The van der Waals surface area contributed by atoms with E-state index in [1.54, 1.807) is 6.08 Å². The van der Waals surface area contributed by atoms with Crippen LogP contribution >= 0.6 is 0 Å². The summed E-state index contributed by atoms with van der Waals surface area (Å²) >= 11 is 0. The Kier molecular flexibility index (Phi) is 49.2. The van der Waals surface area contributed by atoms with Crippen molar-refractivity contribution in [3.8, 4) is 0 Å². The number of esters is 1. The summed E-state index contributed by atoms with van der Waals surface area (Å²) < 4.78 is 17.5. The highest BCUT2D eigenvalue weighted by Gasteiger charge is 2.47. The highest BCUT2D eigenvalue weighted by molar-refractivity contribution is 5.80. The molecule has 6 N–H and O–H groups in total. The molecule has 0 saturated carbocycles.